The van der Waals surface area contributed by atoms with Crippen molar-refractivity contribution in [1.29, 1.82) is 0 Å². The Morgan fingerprint density at radius 2 is 1.96 bits per heavy atom. The molecule has 1 aromatic carbocycles. The van der Waals surface area contributed by atoms with Gasteiger partial charge in [0.1, 0.15) is 11.5 Å². The number of aryl methyl sites for hydroxylation is 2. The van der Waals surface area contributed by atoms with Gasteiger partial charge in [-0.15, -0.1) is 0 Å². The van der Waals surface area contributed by atoms with Gasteiger partial charge in [0.2, 0.25) is 5.91 Å². The molecule has 3 heterocycles. The molecule has 2 aromatic rings. The number of hydrogen-bond donors (Lipinski definition) is 0. The molecule has 1 atom stereocenters. The third-order valence-corrected chi connectivity index (χ3v) is 6.21. The number of aromatic nitrogens is 1. The summed E-state index contributed by atoms with van der Waals surface area (Å²) < 4.78 is 15.5. The normalized spacial score (nSPS) is 23.5. The average Bonchev–Trinajstić information content (AvgIpc) is 3.14. The number of hydrogen-bond acceptors (Lipinski definition) is 2. The van der Waals surface area contributed by atoms with E-state index in [0.29, 0.717) is 18.8 Å². The third-order valence-electron chi connectivity index (χ3n) is 6.21. The molecule has 138 valence electrons. The molecule has 0 saturated carbocycles. The second-order valence-corrected chi connectivity index (χ2v) is 7.78. The van der Waals surface area contributed by atoms with E-state index in [9.17, 15) is 14.0 Å². The molecule has 2 saturated heterocycles. The molecule has 4 rings (SSSR count). The van der Waals surface area contributed by atoms with E-state index in [1.165, 1.54) is 12.1 Å². The lowest BCUT2D eigenvalue weighted by molar-refractivity contribution is -0.143. The first-order valence-corrected chi connectivity index (χ1v) is 9.13. The standard InChI is InChI=1S/C20H24FN3O2/c1-13-15-11-14(21)5-6-16(15)23(3)17(13)18(25)24-10-8-20(12-24)7-4-9-22(2)19(20)26/h5-6,11H,4,7-10,12H2,1-3H3/t20-/m0/s1. The smallest absolute Gasteiger partial charge is 0.270 e. The van der Waals surface area contributed by atoms with Crippen LogP contribution in [0.2, 0.25) is 0 Å². The van der Waals surface area contributed by atoms with Crippen molar-refractivity contribution in [2.24, 2.45) is 12.5 Å². The van der Waals surface area contributed by atoms with E-state index in [1.54, 1.807) is 15.9 Å². The van der Waals surface area contributed by atoms with Crippen molar-refractivity contribution in [2.75, 3.05) is 26.7 Å². The van der Waals surface area contributed by atoms with Crippen molar-refractivity contribution >= 4 is 22.7 Å². The van der Waals surface area contributed by atoms with Gasteiger partial charge in [0, 0.05) is 44.6 Å². The minimum Gasteiger partial charge on any atom is -0.345 e. The molecule has 0 unspecified atom stereocenters. The molecule has 0 aliphatic carbocycles. The van der Waals surface area contributed by atoms with Gasteiger partial charge >= 0.3 is 0 Å². The number of carbonyl (C=O) groups excluding carboxylic acids is 2. The first-order chi connectivity index (χ1) is 12.3. The van der Waals surface area contributed by atoms with E-state index in [-0.39, 0.29) is 17.6 Å². The summed E-state index contributed by atoms with van der Waals surface area (Å²) in [4.78, 5) is 29.5. The molecular formula is C20H24FN3O2. The lowest BCUT2D eigenvalue weighted by atomic mass is 9.78. The lowest BCUT2D eigenvalue weighted by Crippen LogP contribution is -2.48. The predicted molar refractivity (Wildman–Crippen MR) is 97.4 cm³/mol. The Morgan fingerprint density at radius 1 is 1.19 bits per heavy atom. The number of rotatable bonds is 1. The fourth-order valence-corrected chi connectivity index (χ4v) is 4.75. The maximum atomic E-state index is 13.6. The number of carbonyl (C=O) groups is 2. The zero-order chi connectivity index (χ0) is 18.6. The Kier molecular flexibility index (Phi) is 3.82. The maximum Gasteiger partial charge on any atom is 0.270 e. The summed E-state index contributed by atoms with van der Waals surface area (Å²) in [5, 5.41) is 0.762. The molecule has 2 aliphatic heterocycles. The highest BCUT2D eigenvalue weighted by Gasteiger charge is 2.49. The van der Waals surface area contributed by atoms with E-state index < -0.39 is 5.41 Å². The second-order valence-electron chi connectivity index (χ2n) is 7.78. The maximum absolute atomic E-state index is 13.6. The third kappa shape index (κ3) is 2.35. The SMILES string of the molecule is Cc1c(C(=O)N2CC[C@@]3(CCCN(C)C3=O)C2)n(C)c2ccc(F)cc12. The van der Waals surface area contributed by atoms with E-state index >= 15 is 0 Å². The molecule has 0 N–H and O–H groups in total. The number of fused-ring (bicyclic) bond motifs is 1. The Morgan fingerprint density at radius 3 is 2.73 bits per heavy atom. The molecule has 26 heavy (non-hydrogen) atoms. The molecule has 2 amide bonds. The Bertz CT molecular complexity index is 919. The van der Waals surface area contributed by atoms with E-state index in [0.717, 1.165) is 42.3 Å². The van der Waals surface area contributed by atoms with Gasteiger partial charge in [0.15, 0.2) is 0 Å². The minimum absolute atomic E-state index is 0.0699. The van der Waals surface area contributed by atoms with Crippen LogP contribution in [0, 0.1) is 18.2 Å². The number of benzene rings is 1. The second kappa shape index (κ2) is 5.83. The summed E-state index contributed by atoms with van der Waals surface area (Å²) in [7, 11) is 3.68. The topological polar surface area (TPSA) is 45.6 Å². The zero-order valence-electron chi connectivity index (χ0n) is 15.5. The summed E-state index contributed by atoms with van der Waals surface area (Å²) in [6.07, 6.45) is 2.55. The van der Waals surface area contributed by atoms with Gasteiger partial charge in [-0.05, 0) is 49.9 Å². The molecule has 6 heteroatoms. The number of halogens is 1. The van der Waals surface area contributed by atoms with Crippen LogP contribution in [-0.2, 0) is 11.8 Å². The molecule has 1 aromatic heterocycles. The van der Waals surface area contributed by atoms with Crippen LogP contribution in [0.1, 0.15) is 35.3 Å². The van der Waals surface area contributed by atoms with Crippen molar-refractivity contribution in [3.05, 3.63) is 35.3 Å². The number of nitrogens with zero attached hydrogens (tertiary/aromatic N) is 3. The quantitative estimate of drug-likeness (QED) is 0.788. The zero-order valence-corrected chi connectivity index (χ0v) is 15.5. The summed E-state index contributed by atoms with van der Waals surface area (Å²) >= 11 is 0. The largest absolute Gasteiger partial charge is 0.345 e. The van der Waals surface area contributed by atoms with Gasteiger partial charge in [-0.25, -0.2) is 4.39 Å². The van der Waals surface area contributed by atoms with Crippen LogP contribution in [0.5, 0.6) is 0 Å². The predicted octanol–water partition coefficient (Wildman–Crippen LogP) is 2.71. The highest BCUT2D eigenvalue weighted by atomic mass is 19.1. The highest BCUT2D eigenvalue weighted by Crippen LogP contribution is 2.40. The molecule has 2 aliphatic rings. The van der Waals surface area contributed by atoms with Crippen molar-refractivity contribution in [2.45, 2.75) is 26.2 Å². The first kappa shape index (κ1) is 17.1. The molecule has 0 radical (unpaired) electrons. The fraction of sp³-hybridized carbons (Fsp3) is 0.500. The molecular weight excluding hydrogens is 333 g/mol. The van der Waals surface area contributed by atoms with Crippen LogP contribution in [0.15, 0.2) is 18.2 Å². The summed E-state index contributed by atoms with van der Waals surface area (Å²) in [6, 6.07) is 4.60. The average molecular weight is 357 g/mol. The Hall–Kier alpha value is -2.37. The van der Waals surface area contributed by atoms with E-state index in [2.05, 4.69) is 0 Å². The summed E-state index contributed by atoms with van der Waals surface area (Å²) in [5.41, 5.74) is 1.79. The minimum atomic E-state index is -0.423. The number of piperidine rings is 1. The molecule has 5 nitrogen and oxygen atoms in total. The van der Waals surface area contributed by atoms with Crippen LogP contribution in [0.4, 0.5) is 4.39 Å². The van der Waals surface area contributed by atoms with Gasteiger partial charge in [0.25, 0.3) is 5.91 Å². The van der Waals surface area contributed by atoms with Gasteiger partial charge in [0.05, 0.1) is 5.41 Å². The van der Waals surface area contributed by atoms with Crippen molar-refractivity contribution in [3.63, 3.8) is 0 Å². The van der Waals surface area contributed by atoms with Crippen LogP contribution >= 0.6 is 0 Å². The van der Waals surface area contributed by atoms with Crippen molar-refractivity contribution in [3.8, 4) is 0 Å². The lowest BCUT2D eigenvalue weighted by Gasteiger charge is -2.37. The number of likely N-dealkylation sites (tertiary alicyclic amines) is 2. The van der Waals surface area contributed by atoms with Crippen molar-refractivity contribution < 1.29 is 14.0 Å². The monoisotopic (exact) mass is 357 g/mol. The Balaban J connectivity index is 1.67. The van der Waals surface area contributed by atoms with Gasteiger partial charge in [-0.2, -0.15) is 0 Å². The van der Waals surface area contributed by atoms with Crippen LogP contribution in [0.3, 0.4) is 0 Å². The highest BCUT2D eigenvalue weighted by molar-refractivity contribution is 6.02. The number of amides is 2. The first-order valence-electron chi connectivity index (χ1n) is 9.13. The Labute approximate surface area is 152 Å². The van der Waals surface area contributed by atoms with Crippen LogP contribution < -0.4 is 0 Å². The summed E-state index contributed by atoms with van der Waals surface area (Å²) in [6.45, 7) is 3.72. The fourth-order valence-electron chi connectivity index (χ4n) is 4.75. The molecule has 1 spiro atoms. The van der Waals surface area contributed by atoms with E-state index in [4.69, 9.17) is 0 Å². The van der Waals surface area contributed by atoms with E-state index in [1.807, 2.05) is 25.6 Å². The molecule has 2 fully saturated rings. The van der Waals surface area contributed by atoms with Crippen molar-refractivity contribution in [1.82, 2.24) is 14.4 Å². The van der Waals surface area contributed by atoms with Gasteiger partial charge in [-0.3, -0.25) is 9.59 Å². The molecule has 0 bridgehead atoms. The van der Waals surface area contributed by atoms with Gasteiger partial charge in [-0.1, -0.05) is 0 Å². The van der Waals surface area contributed by atoms with Crippen LogP contribution in [0.25, 0.3) is 10.9 Å². The van der Waals surface area contributed by atoms with Gasteiger partial charge < -0.3 is 14.4 Å². The van der Waals surface area contributed by atoms with Crippen LogP contribution in [-0.4, -0.2) is 52.9 Å². The summed E-state index contributed by atoms with van der Waals surface area (Å²) in [5.74, 6) is -0.212.